The normalized spacial score (nSPS) is 20.1. The van der Waals surface area contributed by atoms with E-state index in [1.807, 2.05) is 22.7 Å². The van der Waals surface area contributed by atoms with Crippen LogP contribution in [0.5, 0.6) is 0 Å². The molecule has 0 radical (unpaired) electrons. The molecule has 0 unspecified atom stereocenters. The van der Waals surface area contributed by atoms with Gasteiger partial charge in [-0.15, -0.1) is 0 Å². The number of anilines is 1. The average molecular weight is 462 g/mol. The van der Waals surface area contributed by atoms with Gasteiger partial charge >= 0.3 is 0 Å². The quantitative estimate of drug-likeness (QED) is 0.405. The van der Waals surface area contributed by atoms with Gasteiger partial charge in [0.15, 0.2) is 5.82 Å². The second-order valence-corrected chi connectivity index (χ2v) is 9.88. The SMILES string of the molecule is Nc1ncnn2c(C3CC(CN4CCC4)C3)nc(-c3ccc4ccc(-c5ccccc5)nc4c3)c12. The average Bonchev–Trinajstić information content (AvgIpc) is 3.22. The van der Waals surface area contributed by atoms with Crippen molar-refractivity contribution >= 4 is 22.2 Å². The first-order valence-corrected chi connectivity index (χ1v) is 12.4. The highest BCUT2D eigenvalue weighted by atomic mass is 15.3. The van der Waals surface area contributed by atoms with Gasteiger partial charge in [-0.2, -0.15) is 5.10 Å². The van der Waals surface area contributed by atoms with Gasteiger partial charge in [-0.05, 0) is 50.4 Å². The zero-order chi connectivity index (χ0) is 23.4. The molecule has 7 heteroatoms. The van der Waals surface area contributed by atoms with Crippen molar-refractivity contribution in [1.82, 2.24) is 29.5 Å². The van der Waals surface area contributed by atoms with Crippen molar-refractivity contribution in [3.63, 3.8) is 0 Å². The van der Waals surface area contributed by atoms with Crippen LogP contribution < -0.4 is 5.73 Å². The second-order valence-electron chi connectivity index (χ2n) is 9.88. The number of hydrogen-bond donors (Lipinski definition) is 1. The van der Waals surface area contributed by atoms with Crippen molar-refractivity contribution in [2.75, 3.05) is 25.4 Å². The first-order valence-electron chi connectivity index (χ1n) is 12.4. The fourth-order valence-electron chi connectivity index (χ4n) is 5.50. The van der Waals surface area contributed by atoms with Crippen molar-refractivity contribution in [3.8, 4) is 22.5 Å². The van der Waals surface area contributed by atoms with Gasteiger partial charge in [-0.25, -0.2) is 19.5 Å². The molecule has 0 atom stereocenters. The third-order valence-corrected chi connectivity index (χ3v) is 7.59. The van der Waals surface area contributed by atoms with Crippen LogP contribution in [0, 0.1) is 5.92 Å². The maximum absolute atomic E-state index is 6.36. The lowest BCUT2D eigenvalue weighted by Gasteiger charge is -2.41. The minimum absolute atomic E-state index is 0.403. The van der Waals surface area contributed by atoms with Crippen LogP contribution in [-0.4, -0.2) is 49.1 Å². The summed E-state index contributed by atoms with van der Waals surface area (Å²) in [5, 5.41) is 5.65. The van der Waals surface area contributed by atoms with Gasteiger partial charge in [-0.1, -0.05) is 48.5 Å². The predicted octanol–water partition coefficient (Wildman–Crippen LogP) is 4.79. The zero-order valence-electron chi connectivity index (χ0n) is 19.5. The first kappa shape index (κ1) is 20.5. The lowest BCUT2D eigenvalue weighted by Crippen LogP contribution is -2.43. The van der Waals surface area contributed by atoms with Crippen LogP contribution in [0.3, 0.4) is 0 Å². The number of benzene rings is 2. The summed E-state index contributed by atoms with van der Waals surface area (Å²) in [6, 6.07) is 20.7. The van der Waals surface area contributed by atoms with Gasteiger partial charge < -0.3 is 10.6 Å². The summed E-state index contributed by atoms with van der Waals surface area (Å²) in [5.74, 6) is 2.60. The Morgan fingerprint density at radius 1 is 0.914 bits per heavy atom. The van der Waals surface area contributed by atoms with Gasteiger partial charge in [0, 0.05) is 29.0 Å². The number of nitrogens with zero attached hydrogens (tertiary/aromatic N) is 6. The van der Waals surface area contributed by atoms with Crippen molar-refractivity contribution in [1.29, 1.82) is 0 Å². The molecule has 1 saturated heterocycles. The summed E-state index contributed by atoms with van der Waals surface area (Å²) in [6.07, 6.45) is 5.17. The van der Waals surface area contributed by atoms with Crippen LogP contribution in [0.2, 0.25) is 0 Å². The van der Waals surface area contributed by atoms with E-state index < -0.39 is 0 Å². The Bertz CT molecular complexity index is 1530. The molecule has 7 nitrogen and oxygen atoms in total. The lowest BCUT2D eigenvalue weighted by molar-refractivity contribution is 0.107. The minimum Gasteiger partial charge on any atom is -0.382 e. The Balaban J connectivity index is 1.27. The number of hydrogen-bond acceptors (Lipinski definition) is 6. The molecule has 0 spiro atoms. The van der Waals surface area contributed by atoms with Crippen molar-refractivity contribution in [3.05, 3.63) is 72.8 Å². The van der Waals surface area contributed by atoms with Crippen LogP contribution in [0.1, 0.15) is 31.0 Å². The third-order valence-electron chi connectivity index (χ3n) is 7.59. The van der Waals surface area contributed by atoms with Gasteiger partial charge in [-0.3, -0.25) is 0 Å². The number of imidazole rings is 1. The third kappa shape index (κ3) is 3.54. The van der Waals surface area contributed by atoms with Crippen LogP contribution in [0.15, 0.2) is 67.0 Å². The van der Waals surface area contributed by atoms with Crippen molar-refractivity contribution < 1.29 is 0 Å². The molecule has 1 aliphatic heterocycles. The summed E-state index contributed by atoms with van der Waals surface area (Å²) in [6.45, 7) is 3.72. The minimum atomic E-state index is 0.403. The van der Waals surface area contributed by atoms with Gasteiger partial charge in [0.1, 0.15) is 23.4 Å². The van der Waals surface area contributed by atoms with Crippen molar-refractivity contribution in [2.24, 2.45) is 5.92 Å². The number of pyridine rings is 1. The predicted molar refractivity (Wildman–Crippen MR) is 138 cm³/mol. The molecule has 4 heterocycles. The van der Waals surface area contributed by atoms with Gasteiger partial charge in [0.2, 0.25) is 0 Å². The number of aromatic nitrogens is 5. The fraction of sp³-hybridized carbons (Fsp3) is 0.286. The summed E-state index contributed by atoms with van der Waals surface area (Å²) in [5.41, 5.74) is 12.0. The van der Waals surface area contributed by atoms with E-state index in [1.54, 1.807) is 0 Å². The van der Waals surface area contributed by atoms with E-state index in [0.29, 0.717) is 11.7 Å². The highest BCUT2D eigenvalue weighted by molar-refractivity contribution is 5.91. The molecular formula is C28H27N7. The number of rotatable bonds is 5. The highest BCUT2D eigenvalue weighted by Crippen LogP contribution is 2.43. The van der Waals surface area contributed by atoms with Crippen LogP contribution in [-0.2, 0) is 0 Å². The van der Waals surface area contributed by atoms with Gasteiger partial charge in [0.05, 0.1) is 11.2 Å². The number of fused-ring (bicyclic) bond motifs is 2. The molecule has 1 aliphatic carbocycles. The number of nitrogen functional groups attached to an aromatic ring is 1. The standard InChI is InChI=1S/C28H27N7/c29-27-26-25(21-8-7-20-9-10-23(32-24(20)15-21)19-5-2-1-3-6-19)33-28(35(26)31-17-30-27)22-13-18(14-22)16-34-11-4-12-34/h1-3,5-10,15,17-18,22H,4,11-14,16H2,(H2,29,30,31). The number of likely N-dealkylation sites (tertiary alicyclic amines) is 1. The summed E-state index contributed by atoms with van der Waals surface area (Å²) >= 11 is 0. The van der Waals surface area contributed by atoms with E-state index in [9.17, 15) is 0 Å². The summed E-state index contributed by atoms with van der Waals surface area (Å²) < 4.78 is 1.92. The second kappa shape index (κ2) is 8.13. The Labute approximate surface area is 203 Å². The smallest absolute Gasteiger partial charge is 0.153 e. The molecule has 0 bridgehead atoms. The first-order chi connectivity index (χ1) is 17.2. The Morgan fingerprint density at radius 3 is 2.54 bits per heavy atom. The van der Waals surface area contributed by atoms with Crippen LogP contribution >= 0.6 is 0 Å². The monoisotopic (exact) mass is 461 g/mol. The molecule has 0 amide bonds. The number of nitrogens with two attached hydrogens (primary N) is 1. The maximum Gasteiger partial charge on any atom is 0.153 e. The van der Waals surface area contributed by atoms with E-state index in [4.69, 9.17) is 15.7 Å². The molecule has 35 heavy (non-hydrogen) atoms. The van der Waals surface area contributed by atoms with Crippen LogP contribution in [0.4, 0.5) is 5.82 Å². The molecule has 2 aromatic carbocycles. The molecule has 7 rings (SSSR count). The van der Waals surface area contributed by atoms with E-state index in [2.05, 4.69) is 57.4 Å². The molecule has 2 N–H and O–H groups in total. The van der Waals surface area contributed by atoms with Gasteiger partial charge in [0.25, 0.3) is 0 Å². The Morgan fingerprint density at radius 2 is 1.74 bits per heavy atom. The maximum atomic E-state index is 6.36. The molecule has 3 aromatic heterocycles. The highest BCUT2D eigenvalue weighted by Gasteiger charge is 2.36. The van der Waals surface area contributed by atoms with E-state index in [1.165, 1.54) is 32.4 Å². The molecular weight excluding hydrogens is 434 g/mol. The fourth-order valence-corrected chi connectivity index (χ4v) is 5.50. The van der Waals surface area contributed by atoms with Crippen molar-refractivity contribution in [2.45, 2.75) is 25.2 Å². The molecule has 5 aromatic rings. The van der Waals surface area contributed by atoms with E-state index >= 15 is 0 Å². The Hall–Kier alpha value is -3.84. The molecule has 2 aliphatic rings. The topological polar surface area (TPSA) is 85.2 Å². The molecule has 1 saturated carbocycles. The lowest BCUT2D eigenvalue weighted by atomic mass is 9.74. The summed E-state index contributed by atoms with van der Waals surface area (Å²) in [4.78, 5) is 16.9. The molecule has 2 fully saturated rings. The zero-order valence-corrected chi connectivity index (χ0v) is 19.5. The van der Waals surface area contributed by atoms with Crippen LogP contribution in [0.25, 0.3) is 38.9 Å². The molecule has 174 valence electrons. The largest absolute Gasteiger partial charge is 0.382 e. The Kier molecular flexibility index (Phi) is 4.77. The van der Waals surface area contributed by atoms with E-state index in [0.717, 1.165) is 63.5 Å². The summed E-state index contributed by atoms with van der Waals surface area (Å²) in [7, 11) is 0. The van der Waals surface area contributed by atoms with E-state index in [-0.39, 0.29) is 0 Å².